The molecule has 0 aliphatic rings. The second kappa shape index (κ2) is 5.49. The maximum absolute atomic E-state index is 13.3. The second-order valence-corrected chi connectivity index (χ2v) is 3.85. The summed E-state index contributed by atoms with van der Waals surface area (Å²) in [5.74, 6) is 4.75. The molecule has 0 saturated carbocycles. The molecule has 0 bridgehead atoms. The Morgan fingerprint density at radius 3 is 3.00 bits per heavy atom. The molecule has 1 heterocycles. The minimum atomic E-state index is -0.559. The smallest absolute Gasteiger partial charge is 0.287 e. The van der Waals surface area contributed by atoms with E-state index in [-0.39, 0.29) is 18.1 Å². The monoisotopic (exact) mass is 265 g/mol. The van der Waals surface area contributed by atoms with Gasteiger partial charge in [0, 0.05) is 12.1 Å². The molecule has 3 N–H and O–H groups in total. The van der Waals surface area contributed by atoms with Gasteiger partial charge in [0.1, 0.15) is 18.2 Å². The van der Waals surface area contributed by atoms with Crippen LogP contribution in [0, 0.1) is 12.7 Å². The summed E-state index contributed by atoms with van der Waals surface area (Å²) in [5.41, 5.74) is 2.52. The molecule has 19 heavy (non-hydrogen) atoms. The number of rotatable bonds is 4. The molecule has 0 aliphatic carbocycles. The highest BCUT2D eigenvalue weighted by atomic mass is 19.1. The molecule has 0 saturated heterocycles. The van der Waals surface area contributed by atoms with E-state index in [0.717, 1.165) is 0 Å². The number of benzene rings is 1. The van der Waals surface area contributed by atoms with Crippen molar-refractivity contribution in [2.75, 3.05) is 0 Å². The van der Waals surface area contributed by atoms with E-state index in [4.69, 9.17) is 15.1 Å². The summed E-state index contributed by atoms with van der Waals surface area (Å²) < 4.78 is 23.5. The summed E-state index contributed by atoms with van der Waals surface area (Å²) in [6.07, 6.45) is 0. The van der Waals surface area contributed by atoms with Gasteiger partial charge in [-0.05, 0) is 18.6 Å². The number of nitrogens with zero attached hydrogens (tertiary/aromatic N) is 1. The average molecular weight is 265 g/mol. The number of aromatic nitrogens is 1. The molecule has 0 atom stereocenters. The van der Waals surface area contributed by atoms with Crippen molar-refractivity contribution in [1.29, 1.82) is 0 Å². The van der Waals surface area contributed by atoms with Crippen molar-refractivity contribution in [3.8, 4) is 5.75 Å². The van der Waals surface area contributed by atoms with Gasteiger partial charge in [-0.2, -0.15) is 0 Å². The SMILES string of the molecule is Cc1ccc(OCc2cc(C(=O)NN)no2)cc1F. The Morgan fingerprint density at radius 2 is 2.32 bits per heavy atom. The molecular weight excluding hydrogens is 253 g/mol. The van der Waals surface area contributed by atoms with Crippen molar-refractivity contribution in [1.82, 2.24) is 10.6 Å². The number of hydrazine groups is 1. The molecule has 6 nitrogen and oxygen atoms in total. The number of carbonyl (C=O) groups is 1. The van der Waals surface area contributed by atoms with Crippen molar-refractivity contribution in [2.24, 2.45) is 5.84 Å². The Morgan fingerprint density at radius 1 is 1.53 bits per heavy atom. The van der Waals surface area contributed by atoms with Gasteiger partial charge < -0.3 is 9.26 Å². The van der Waals surface area contributed by atoms with Crippen molar-refractivity contribution >= 4 is 5.91 Å². The van der Waals surface area contributed by atoms with Crippen molar-refractivity contribution in [2.45, 2.75) is 13.5 Å². The molecular formula is C12H12FN3O3. The number of hydrogen-bond acceptors (Lipinski definition) is 5. The van der Waals surface area contributed by atoms with Gasteiger partial charge in [0.2, 0.25) is 0 Å². The Kier molecular flexibility index (Phi) is 3.76. The van der Waals surface area contributed by atoms with Crippen LogP contribution < -0.4 is 16.0 Å². The number of halogens is 1. The normalized spacial score (nSPS) is 10.3. The zero-order valence-corrected chi connectivity index (χ0v) is 10.1. The predicted octanol–water partition coefficient (Wildman–Crippen LogP) is 1.30. The lowest BCUT2D eigenvalue weighted by Gasteiger charge is -2.04. The predicted molar refractivity (Wildman–Crippen MR) is 63.6 cm³/mol. The van der Waals surface area contributed by atoms with Crippen molar-refractivity contribution in [3.05, 3.63) is 47.1 Å². The van der Waals surface area contributed by atoms with Gasteiger partial charge in [0.05, 0.1) is 0 Å². The highest BCUT2D eigenvalue weighted by Gasteiger charge is 2.11. The molecule has 7 heteroatoms. The van der Waals surface area contributed by atoms with Crippen molar-refractivity contribution in [3.63, 3.8) is 0 Å². The molecule has 1 aromatic heterocycles. The highest BCUT2D eigenvalue weighted by Crippen LogP contribution is 2.17. The Hall–Kier alpha value is -2.41. The van der Waals surface area contributed by atoms with Crippen LogP contribution in [-0.2, 0) is 6.61 Å². The maximum atomic E-state index is 13.3. The number of aryl methyl sites for hydroxylation is 1. The van der Waals surface area contributed by atoms with Crippen LogP contribution in [-0.4, -0.2) is 11.1 Å². The summed E-state index contributed by atoms with van der Waals surface area (Å²) in [5, 5.41) is 3.51. The van der Waals surface area contributed by atoms with Gasteiger partial charge in [0.15, 0.2) is 11.5 Å². The molecule has 0 spiro atoms. The third-order valence-electron chi connectivity index (χ3n) is 2.45. The lowest BCUT2D eigenvalue weighted by Crippen LogP contribution is -2.30. The lowest BCUT2D eigenvalue weighted by atomic mass is 10.2. The van der Waals surface area contributed by atoms with E-state index in [2.05, 4.69) is 5.16 Å². The summed E-state index contributed by atoms with van der Waals surface area (Å²) >= 11 is 0. The summed E-state index contributed by atoms with van der Waals surface area (Å²) in [7, 11) is 0. The summed E-state index contributed by atoms with van der Waals surface area (Å²) in [6, 6.07) is 5.92. The first-order valence-electron chi connectivity index (χ1n) is 5.45. The summed E-state index contributed by atoms with van der Waals surface area (Å²) in [4.78, 5) is 11.1. The molecule has 0 unspecified atom stereocenters. The first-order chi connectivity index (χ1) is 9.10. The first-order valence-corrected chi connectivity index (χ1v) is 5.45. The van der Waals surface area contributed by atoms with E-state index in [1.807, 2.05) is 5.43 Å². The molecule has 0 radical (unpaired) electrons. The van der Waals surface area contributed by atoms with E-state index in [0.29, 0.717) is 17.1 Å². The second-order valence-electron chi connectivity index (χ2n) is 3.85. The minimum absolute atomic E-state index is 0.0351. The Bertz CT molecular complexity index is 598. The van der Waals surface area contributed by atoms with E-state index < -0.39 is 5.91 Å². The summed E-state index contributed by atoms with van der Waals surface area (Å²) in [6.45, 7) is 1.70. The topological polar surface area (TPSA) is 90.4 Å². The van der Waals surface area contributed by atoms with Gasteiger partial charge in [-0.3, -0.25) is 10.2 Å². The molecule has 1 amide bonds. The molecule has 2 aromatic rings. The third-order valence-corrected chi connectivity index (χ3v) is 2.45. The fraction of sp³-hybridized carbons (Fsp3) is 0.167. The number of nitrogen functional groups attached to an aromatic ring is 1. The largest absolute Gasteiger partial charge is 0.485 e. The van der Waals surface area contributed by atoms with Crippen LogP contribution in [0.25, 0.3) is 0 Å². The number of amides is 1. The van der Waals surface area contributed by atoms with Crippen LogP contribution in [0.1, 0.15) is 21.8 Å². The van der Waals surface area contributed by atoms with Gasteiger partial charge in [-0.25, -0.2) is 10.2 Å². The fourth-order valence-electron chi connectivity index (χ4n) is 1.38. The highest BCUT2D eigenvalue weighted by molar-refractivity contribution is 5.91. The van der Waals surface area contributed by atoms with Crippen LogP contribution >= 0.6 is 0 Å². The number of nitrogens with one attached hydrogen (secondary N) is 1. The standard InChI is InChI=1S/C12H12FN3O3/c1-7-2-3-8(4-10(7)13)18-6-9-5-11(16-19-9)12(17)15-14/h2-5H,6,14H2,1H3,(H,15,17). The third kappa shape index (κ3) is 3.08. The zero-order valence-electron chi connectivity index (χ0n) is 10.1. The number of nitrogens with two attached hydrogens (primary N) is 1. The van der Waals surface area contributed by atoms with Gasteiger partial charge in [-0.1, -0.05) is 11.2 Å². The van der Waals surface area contributed by atoms with E-state index in [9.17, 15) is 9.18 Å². The number of carbonyl (C=O) groups excluding carboxylic acids is 1. The fourth-order valence-corrected chi connectivity index (χ4v) is 1.38. The van der Waals surface area contributed by atoms with E-state index in [1.54, 1.807) is 19.1 Å². The van der Waals surface area contributed by atoms with Gasteiger partial charge in [-0.15, -0.1) is 0 Å². The Balaban J connectivity index is 2.00. The zero-order chi connectivity index (χ0) is 13.8. The van der Waals surface area contributed by atoms with E-state index >= 15 is 0 Å². The van der Waals surface area contributed by atoms with Crippen LogP contribution in [0.3, 0.4) is 0 Å². The van der Waals surface area contributed by atoms with Crippen LogP contribution in [0.4, 0.5) is 4.39 Å². The molecule has 100 valence electrons. The van der Waals surface area contributed by atoms with Gasteiger partial charge in [0.25, 0.3) is 5.91 Å². The quantitative estimate of drug-likeness (QED) is 0.494. The molecule has 2 rings (SSSR count). The maximum Gasteiger partial charge on any atom is 0.287 e. The van der Waals surface area contributed by atoms with Crippen LogP contribution in [0.2, 0.25) is 0 Å². The Labute approximate surface area is 108 Å². The van der Waals surface area contributed by atoms with Gasteiger partial charge >= 0.3 is 0 Å². The average Bonchev–Trinajstić information content (AvgIpc) is 2.88. The van der Waals surface area contributed by atoms with E-state index in [1.165, 1.54) is 12.1 Å². The van der Waals surface area contributed by atoms with Crippen molar-refractivity contribution < 1.29 is 18.4 Å². The molecule has 0 fully saturated rings. The lowest BCUT2D eigenvalue weighted by molar-refractivity contribution is 0.0944. The number of ether oxygens (including phenoxy) is 1. The minimum Gasteiger partial charge on any atom is -0.485 e. The first kappa shape index (κ1) is 13.0. The van der Waals surface area contributed by atoms with Crippen LogP contribution in [0.15, 0.2) is 28.8 Å². The van der Waals surface area contributed by atoms with Crippen LogP contribution in [0.5, 0.6) is 5.75 Å². The molecule has 1 aromatic carbocycles. The molecule has 0 aliphatic heterocycles. The number of hydrogen-bond donors (Lipinski definition) is 2.